The van der Waals surface area contributed by atoms with Gasteiger partial charge in [0.25, 0.3) is 5.91 Å². The van der Waals surface area contributed by atoms with Crippen LogP contribution in [0.25, 0.3) is 10.8 Å². The van der Waals surface area contributed by atoms with Gasteiger partial charge in [0.15, 0.2) is 5.96 Å². The highest BCUT2D eigenvalue weighted by Gasteiger charge is 2.22. The van der Waals surface area contributed by atoms with E-state index in [1.807, 2.05) is 37.3 Å². The number of fused-ring (bicyclic) bond motifs is 1. The third-order valence-electron chi connectivity index (χ3n) is 5.82. The third kappa shape index (κ3) is 6.81. The molecule has 0 spiro atoms. The molecule has 6 N–H and O–H groups in total. The smallest absolute Gasteiger partial charge is 0.251 e. The van der Waals surface area contributed by atoms with Crippen LogP contribution in [0.3, 0.4) is 0 Å². The predicted molar refractivity (Wildman–Crippen MR) is 138 cm³/mol. The number of benzene rings is 3. The number of carbonyl (C=O) groups excluding carboxylic acids is 2. The lowest BCUT2D eigenvalue weighted by atomic mass is 9.94. The highest BCUT2D eigenvalue weighted by molar-refractivity contribution is 5.97. The first kappa shape index (κ1) is 24.8. The van der Waals surface area contributed by atoms with Gasteiger partial charge in [-0.15, -0.1) is 0 Å². The van der Waals surface area contributed by atoms with Crippen molar-refractivity contribution in [3.8, 4) is 0 Å². The molecule has 0 aliphatic carbocycles. The van der Waals surface area contributed by atoms with Crippen LogP contribution in [0.2, 0.25) is 0 Å². The summed E-state index contributed by atoms with van der Waals surface area (Å²) in [5.74, 6) is -0.403. The van der Waals surface area contributed by atoms with Gasteiger partial charge in [0.1, 0.15) is 6.04 Å². The summed E-state index contributed by atoms with van der Waals surface area (Å²) < 4.78 is 0. The molecule has 2 amide bonds. The summed E-state index contributed by atoms with van der Waals surface area (Å²) in [6.45, 7) is 4.88. The SMILES string of the molecule is Cc1ccc(C(=O)N[C@@H](CCCN=C(N)N)C(=O)NC[C@@H](C)c2cccc3ccccc23)cc1. The molecule has 0 radical (unpaired) electrons. The molecular weight excluding hydrogens is 426 g/mol. The molecule has 0 aromatic heterocycles. The Labute approximate surface area is 200 Å². The van der Waals surface area contributed by atoms with Gasteiger partial charge in [-0.05, 0) is 54.2 Å². The van der Waals surface area contributed by atoms with Crippen LogP contribution < -0.4 is 22.1 Å². The van der Waals surface area contributed by atoms with Crippen LogP contribution in [0.5, 0.6) is 0 Å². The molecule has 0 bridgehead atoms. The van der Waals surface area contributed by atoms with E-state index in [4.69, 9.17) is 11.5 Å². The molecule has 2 atom stereocenters. The number of nitrogens with one attached hydrogen (secondary N) is 2. The van der Waals surface area contributed by atoms with Crippen LogP contribution in [0.4, 0.5) is 0 Å². The predicted octanol–water partition coefficient (Wildman–Crippen LogP) is 3.22. The highest BCUT2D eigenvalue weighted by Crippen LogP contribution is 2.25. The zero-order valence-corrected chi connectivity index (χ0v) is 19.8. The Kier molecular flexibility index (Phi) is 8.62. The van der Waals surface area contributed by atoms with Crippen molar-refractivity contribution in [3.63, 3.8) is 0 Å². The Bertz CT molecular complexity index is 1150. The molecule has 3 aromatic rings. The molecule has 3 rings (SSSR count). The van der Waals surface area contributed by atoms with Crippen molar-refractivity contribution in [1.82, 2.24) is 10.6 Å². The molecule has 0 heterocycles. The van der Waals surface area contributed by atoms with Crippen molar-refractivity contribution in [2.45, 2.75) is 38.6 Å². The fourth-order valence-corrected chi connectivity index (χ4v) is 3.89. The number of nitrogens with zero attached hydrogens (tertiary/aromatic N) is 1. The molecule has 7 heteroatoms. The number of hydrogen-bond donors (Lipinski definition) is 4. The van der Waals surface area contributed by atoms with E-state index in [9.17, 15) is 9.59 Å². The van der Waals surface area contributed by atoms with Crippen LogP contribution >= 0.6 is 0 Å². The number of rotatable bonds is 10. The first-order chi connectivity index (χ1) is 16.3. The molecule has 0 aliphatic heterocycles. The Morgan fingerprint density at radius 2 is 1.68 bits per heavy atom. The van der Waals surface area contributed by atoms with Crippen LogP contribution in [-0.2, 0) is 4.79 Å². The van der Waals surface area contributed by atoms with Crippen molar-refractivity contribution in [3.05, 3.63) is 83.4 Å². The van der Waals surface area contributed by atoms with Crippen molar-refractivity contribution in [2.24, 2.45) is 16.5 Å². The number of hydrogen-bond acceptors (Lipinski definition) is 3. The molecule has 7 nitrogen and oxygen atoms in total. The van der Waals surface area contributed by atoms with E-state index in [1.165, 1.54) is 16.3 Å². The number of carbonyl (C=O) groups is 2. The van der Waals surface area contributed by atoms with Gasteiger partial charge in [0.05, 0.1) is 0 Å². The van der Waals surface area contributed by atoms with E-state index in [0.717, 1.165) is 5.56 Å². The summed E-state index contributed by atoms with van der Waals surface area (Å²) in [6, 6.07) is 21.0. The van der Waals surface area contributed by atoms with Crippen LogP contribution in [0.1, 0.15) is 47.2 Å². The van der Waals surface area contributed by atoms with E-state index in [2.05, 4.69) is 46.8 Å². The molecule has 0 aliphatic rings. The maximum atomic E-state index is 13.1. The standard InChI is InChI=1S/C27H33N5O2/c1-18-12-14-21(15-13-18)25(33)32-24(11-6-16-30-27(28)29)26(34)31-17-19(2)22-10-5-8-20-7-3-4-9-23(20)22/h3-5,7-10,12-15,19,24H,6,11,16-17H2,1-2H3,(H,31,34)(H,32,33)(H4,28,29,30)/t19-,24+/m1/s1. The van der Waals surface area contributed by atoms with Gasteiger partial charge >= 0.3 is 0 Å². The third-order valence-corrected chi connectivity index (χ3v) is 5.82. The topological polar surface area (TPSA) is 123 Å². The van der Waals surface area contributed by atoms with Crippen LogP contribution in [-0.4, -0.2) is 36.9 Å². The van der Waals surface area contributed by atoms with E-state index < -0.39 is 6.04 Å². The van der Waals surface area contributed by atoms with Crippen molar-refractivity contribution in [2.75, 3.05) is 13.1 Å². The lowest BCUT2D eigenvalue weighted by molar-refractivity contribution is -0.123. The first-order valence-corrected chi connectivity index (χ1v) is 11.5. The lowest BCUT2D eigenvalue weighted by Gasteiger charge is -2.21. The lowest BCUT2D eigenvalue weighted by Crippen LogP contribution is -2.47. The molecule has 178 valence electrons. The maximum absolute atomic E-state index is 13.1. The average Bonchev–Trinajstić information content (AvgIpc) is 2.84. The van der Waals surface area contributed by atoms with Gasteiger partial charge in [-0.2, -0.15) is 0 Å². The molecule has 0 saturated heterocycles. The van der Waals surface area contributed by atoms with E-state index >= 15 is 0 Å². The highest BCUT2D eigenvalue weighted by atomic mass is 16.2. The largest absolute Gasteiger partial charge is 0.370 e. The molecule has 3 aromatic carbocycles. The second-order valence-corrected chi connectivity index (χ2v) is 8.56. The van der Waals surface area contributed by atoms with Crippen LogP contribution in [0, 0.1) is 6.92 Å². The van der Waals surface area contributed by atoms with Gasteiger partial charge in [0.2, 0.25) is 5.91 Å². The summed E-state index contributed by atoms with van der Waals surface area (Å²) in [6.07, 6.45) is 0.978. The van der Waals surface area contributed by atoms with Gasteiger partial charge < -0.3 is 22.1 Å². The minimum absolute atomic E-state index is 0.00797. The molecule has 0 unspecified atom stereocenters. The Morgan fingerprint density at radius 1 is 0.971 bits per heavy atom. The number of aliphatic imine (C=N–C) groups is 1. The van der Waals surface area contributed by atoms with Gasteiger partial charge in [-0.1, -0.05) is 67.1 Å². The number of guanidine groups is 1. The van der Waals surface area contributed by atoms with Crippen molar-refractivity contribution < 1.29 is 9.59 Å². The Balaban J connectivity index is 1.67. The monoisotopic (exact) mass is 459 g/mol. The Hall–Kier alpha value is -3.87. The summed E-state index contributed by atoms with van der Waals surface area (Å²) in [7, 11) is 0. The normalized spacial score (nSPS) is 12.5. The van der Waals surface area contributed by atoms with Gasteiger partial charge in [-0.3, -0.25) is 14.6 Å². The van der Waals surface area contributed by atoms with Crippen molar-refractivity contribution in [1.29, 1.82) is 0 Å². The molecule has 0 saturated carbocycles. The zero-order chi connectivity index (χ0) is 24.5. The quantitative estimate of drug-likeness (QED) is 0.211. The minimum atomic E-state index is -0.692. The van der Waals surface area contributed by atoms with Gasteiger partial charge in [0, 0.05) is 18.7 Å². The van der Waals surface area contributed by atoms with Gasteiger partial charge in [-0.25, -0.2) is 0 Å². The first-order valence-electron chi connectivity index (χ1n) is 11.5. The number of aryl methyl sites for hydroxylation is 1. The summed E-state index contributed by atoms with van der Waals surface area (Å²) in [4.78, 5) is 29.8. The summed E-state index contributed by atoms with van der Waals surface area (Å²) in [5.41, 5.74) is 13.5. The summed E-state index contributed by atoms with van der Waals surface area (Å²) >= 11 is 0. The number of amides is 2. The molecule has 0 fully saturated rings. The zero-order valence-electron chi connectivity index (χ0n) is 19.8. The summed E-state index contributed by atoms with van der Waals surface area (Å²) in [5, 5.41) is 8.24. The Morgan fingerprint density at radius 3 is 2.41 bits per heavy atom. The average molecular weight is 460 g/mol. The van der Waals surface area contributed by atoms with E-state index in [1.54, 1.807) is 12.1 Å². The second kappa shape index (κ2) is 11.8. The van der Waals surface area contributed by atoms with E-state index in [0.29, 0.717) is 31.5 Å². The number of nitrogens with two attached hydrogens (primary N) is 2. The minimum Gasteiger partial charge on any atom is -0.370 e. The second-order valence-electron chi connectivity index (χ2n) is 8.56. The fraction of sp³-hybridized carbons (Fsp3) is 0.296. The maximum Gasteiger partial charge on any atom is 0.251 e. The molecule has 34 heavy (non-hydrogen) atoms. The van der Waals surface area contributed by atoms with Crippen molar-refractivity contribution >= 4 is 28.5 Å². The molecular formula is C27H33N5O2. The fourth-order valence-electron chi connectivity index (χ4n) is 3.89. The van der Waals surface area contributed by atoms with Crippen LogP contribution in [0.15, 0.2) is 71.7 Å². The van der Waals surface area contributed by atoms with E-state index in [-0.39, 0.29) is 23.7 Å².